The maximum atomic E-state index is 5.40. The first kappa shape index (κ1) is 14.3. The first-order valence-electron chi connectivity index (χ1n) is 7.51. The van der Waals surface area contributed by atoms with Crippen molar-refractivity contribution >= 4 is 33.3 Å². The molecule has 24 heavy (non-hydrogen) atoms. The predicted octanol–water partition coefficient (Wildman–Crippen LogP) is 3.87. The van der Waals surface area contributed by atoms with Gasteiger partial charge in [-0.2, -0.15) is 5.10 Å². The molecule has 0 radical (unpaired) electrons. The van der Waals surface area contributed by atoms with E-state index in [4.69, 9.17) is 14.5 Å². The number of benzene rings is 2. The number of para-hydroxylation sites is 2. The van der Waals surface area contributed by atoms with E-state index in [2.05, 4.69) is 15.5 Å². The van der Waals surface area contributed by atoms with Crippen LogP contribution in [0.3, 0.4) is 0 Å². The Hall–Kier alpha value is -3.28. The number of anilines is 2. The van der Waals surface area contributed by atoms with E-state index in [1.807, 2.05) is 42.5 Å². The average Bonchev–Trinajstić information content (AvgIpc) is 3.12. The number of pyridine rings is 1. The monoisotopic (exact) mass is 320 g/mol. The molecule has 6 heteroatoms. The van der Waals surface area contributed by atoms with Crippen LogP contribution in [-0.4, -0.2) is 29.4 Å². The van der Waals surface area contributed by atoms with Gasteiger partial charge in [-0.3, -0.25) is 5.10 Å². The molecule has 0 bridgehead atoms. The van der Waals surface area contributed by atoms with Gasteiger partial charge in [0, 0.05) is 10.8 Å². The van der Waals surface area contributed by atoms with Gasteiger partial charge in [0.05, 0.1) is 31.6 Å². The summed E-state index contributed by atoms with van der Waals surface area (Å²) < 4.78 is 10.7. The highest BCUT2D eigenvalue weighted by Gasteiger charge is 2.12. The molecular weight excluding hydrogens is 304 g/mol. The number of fused-ring (bicyclic) bond motifs is 3. The molecular formula is C18H16N4O2. The summed E-state index contributed by atoms with van der Waals surface area (Å²) in [6.07, 6.45) is 1.80. The average molecular weight is 320 g/mol. The van der Waals surface area contributed by atoms with Crippen LogP contribution in [0.4, 0.5) is 11.5 Å². The molecule has 4 aromatic rings. The first-order valence-corrected chi connectivity index (χ1v) is 7.51. The molecule has 6 nitrogen and oxygen atoms in total. The van der Waals surface area contributed by atoms with Gasteiger partial charge in [-0.05, 0) is 30.3 Å². The van der Waals surface area contributed by atoms with Gasteiger partial charge < -0.3 is 14.8 Å². The van der Waals surface area contributed by atoms with Gasteiger partial charge in [0.1, 0.15) is 17.0 Å². The van der Waals surface area contributed by atoms with Crippen molar-refractivity contribution in [1.82, 2.24) is 15.2 Å². The van der Waals surface area contributed by atoms with Crippen molar-refractivity contribution in [2.24, 2.45) is 0 Å². The Morgan fingerprint density at radius 2 is 1.88 bits per heavy atom. The second kappa shape index (κ2) is 5.73. The number of aromatic nitrogens is 3. The fourth-order valence-electron chi connectivity index (χ4n) is 2.77. The molecule has 0 spiro atoms. The zero-order chi connectivity index (χ0) is 16.5. The van der Waals surface area contributed by atoms with Crippen LogP contribution >= 0.6 is 0 Å². The van der Waals surface area contributed by atoms with Crippen molar-refractivity contribution in [3.05, 3.63) is 48.7 Å². The molecule has 120 valence electrons. The standard InChI is InChI=1S/C18H16N4O2/c1-23-11-7-8-14-12(9-11)13-10-19-22-17(13)18(20-14)21-15-5-3-4-6-16(15)24-2/h3-10H,1-2H3,(H,19,22)(H,20,21). The van der Waals surface area contributed by atoms with Crippen LogP contribution in [0.2, 0.25) is 0 Å². The molecule has 2 aromatic carbocycles. The Labute approximate surface area is 138 Å². The van der Waals surface area contributed by atoms with Crippen LogP contribution in [0.1, 0.15) is 0 Å². The predicted molar refractivity (Wildman–Crippen MR) is 94.2 cm³/mol. The molecule has 4 rings (SSSR count). The highest BCUT2D eigenvalue weighted by molar-refractivity contribution is 6.09. The van der Waals surface area contributed by atoms with Crippen LogP contribution in [0, 0.1) is 0 Å². The minimum atomic E-state index is 0.699. The highest BCUT2D eigenvalue weighted by atomic mass is 16.5. The van der Waals surface area contributed by atoms with E-state index in [1.54, 1.807) is 20.4 Å². The van der Waals surface area contributed by atoms with E-state index in [-0.39, 0.29) is 0 Å². The number of methoxy groups -OCH3 is 2. The summed E-state index contributed by atoms with van der Waals surface area (Å²) in [4.78, 5) is 4.73. The Morgan fingerprint density at radius 1 is 1.00 bits per heavy atom. The molecule has 0 aliphatic carbocycles. The molecule has 0 atom stereocenters. The van der Waals surface area contributed by atoms with Crippen LogP contribution in [0.25, 0.3) is 21.8 Å². The van der Waals surface area contributed by atoms with Crippen LogP contribution in [-0.2, 0) is 0 Å². The number of rotatable bonds is 4. The Kier molecular flexibility index (Phi) is 3.42. The molecule has 2 heterocycles. The van der Waals surface area contributed by atoms with Gasteiger partial charge in [0.25, 0.3) is 0 Å². The highest BCUT2D eigenvalue weighted by Crippen LogP contribution is 2.33. The fraction of sp³-hybridized carbons (Fsp3) is 0.111. The lowest BCUT2D eigenvalue weighted by Gasteiger charge is -2.12. The van der Waals surface area contributed by atoms with Crippen molar-refractivity contribution in [2.75, 3.05) is 19.5 Å². The minimum absolute atomic E-state index is 0.699. The summed E-state index contributed by atoms with van der Waals surface area (Å²) in [6.45, 7) is 0. The van der Waals surface area contributed by atoms with Crippen LogP contribution in [0.5, 0.6) is 11.5 Å². The largest absolute Gasteiger partial charge is 0.497 e. The maximum absolute atomic E-state index is 5.40. The van der Waals surface area contributed by atoms with E-state index in [0.717, 1.165) is 39.0 Å². The van der Waals surface area contributed by atoms with Gasteiger partial charge in [0.2, 0.25) is 0 Å². The number of ether oxygens (including phenoxy) is 2. The lowest BCUT2D eigenvalue weighted by Crippen LogP contribution is -1.98. The van der Waals surface area contributed by atoms with E-state index >= 15 is 0 Å². The minimum Gasteiger partial charge on any atom is -0.497 e. The lowest BCUT2D eigenvalue weighted by molar-refractivity contribution is 0.415. The summed E-state index contributed by atoms with van der Waals surface area (Å²) in [6, 6.07) is 13.5. The zero-order valence-corrected chi connectivity index (χ0v) is 13.3. The third-order valence-electron chi connectivity index (χ3n) is 3.96. The van der Waals surface area contributed by atoms with E-state index in [9.17, 15) is 0 Å². The van der Waals surface area contributed by atoms with Gasteiger partial charge in [0.15, 0.2) is 5.82 Å². The number of hydrogen-bond acceptors (Lipinski definition) is 5. The van der Waals surface area contributed by atoms with Crippen molar-refractivity contribution in [3.63, 3.8) is 0 Å². The molecule has 0 fully saturated rings. The Bertz CT molecular complexity index is 1030. The molecule has 0 saturated heterocycles. The van der Waals surface area contributed by atoms with Gasteiger partial charge in [-0.1, -0.05) is 12.1 Å². The van der Waals surface area contributed by atoms with Crippen molar-refractivity contribution in [2.45, 2.75) is 0 Å². The second-order valence-electron chi connectivity index (χ2n) is 5.33. The third kappa shape index (κ3) is 2.28. The van der Waals surface area contributed by atoms with Crippen molar-refractivity contribution < 1.29 is 9.47 Å². The molecule has 2 aromatic heterocycles. The topological polar surface area (TPSA) is 72.1 Å². The summed E-state index contributed by atoms with van der Waals surface area (Å²) in [5.74, 6) is 2.24. The molecule has 0 saturated carbocycles. The number of hydrogen-bond donors (Lipinski definition) is 2. The summed E-state index contributed by atoms with van der Waals surface area (Å²) in [5, 5.41) is 12.5. The molecule has 0 amide bonds. The number of aromatic amines is 1. The number of nitrogens with zero attached hydrogens (tertiary/aromatic N) is 2. The van der Waals surface area contributed by atoms with Gasteiger partial charge in [-0.25, -0.2) is 4.98 Å². The molecule has 0 aliphatic heterocycles. The molecule has 2 N–H and O–H groups in total. The number of nitrogens with one attached hydrogen (secondary N) is 2. The normalized spacial score (nSPS) is 10.9. The smallest absolute Gasteiger partial charge is 0.157 e. The van der Waals surface area contributed by atoms with Crippen molar-refractivity contribution in [3.8, 4) is 11.5 Å². The summed E-state index contributed by atoms with van der Waals surface area (Å²) in [7, 11) is 3.30. The van der Waals surface area contributed by atoms with E-state index < -0.39 is 0 Å². The lowest BCUT2D eigenvalue weighted by atomic mass is 10.1. The molecule has 0 aliphatic rings. The van der Waals surface area contributed by atoms with Gasteiger partial charge >= 0.3 is 0 Å². The zero-order valence-electron chi connectivity index (χ0n) is 13.3. The first-order chi connectivity index (χ1) is 11.8. The van der Waals surface area contributed by atoms with Crippen LogP contribution in [0.15, 0.2) is 48.7 Å². The third-order valence-corrected chi connectivity index (χ3v) is 3.96. The SMILES string of the molecule is COc1ccc2nc(Nc3ccccc3OC)c3[nH]ncc3c2c1. The Balaban J connectivity index is 1.90. The van der Waals surface area contributed by atoms with E-state index in [0.29, 0.717) is 5.82 Å². The van der Waals surface area contributed by atoms with Crippen molar-refractivity contribution in [1.29, 1.82) is 0 Å². The second-order valence-corrected chi connectivity index (χ2v) is 5.33. The molecule has 0 unspecified atom stereocenters. The maximum Gasteiger partial charge on any atom is 0.157 e. The quantitative estimate of drug-likeness (QED) is 0.597. The summed E-state index contributed by atoms with van der Waals surface area (Å²) >= 11 is 0. The van der Waals surface area contributed by atoms with Gasteiger partial charge in [-0.15, -0.1) is 0 Å². The van der Waals surface area contributed by atoms with E-state index in [1.165, 1.54) is 0 Å². The fourth-order valence-corrected chi connectivity index (χ4v) is 2.77. The summed E-state index contributed by atoms with van der Waals surface area (Å²) in [5.41, 5.74) is 2.54. The van der Waals surface area contributed by atoms with Crippen LogP contribution < -0.4 is 14.8 Å². The Morgan fingerprint density at radius 3 is 2.71 bits per heavy atom. The number of H-pyrrole nitrogens is 1.